The molecule has 19 heavy (non-hydrogen) atoms. The summed E-state index contributed by atoms with van der Waals surface area (Å²) in [5.74, 6) is 1.79. The van der Waals surface area contributed by atoms with Crippen molar-refractivity contribution in [3.05, 3.63) is 47.3 Å². The zero-order valence-electron chi connectivity index (χ0n) is 11.9. The first-order valence-electron chi connectivity index (χ1n) is 6.37. The molecule has 0 aliphatic rings. The Morgan fingerprint density at radius 2 is 2.11 bits per heavy atom. The van der Waals surface area contributed by atoms with Crippen LogP contribution in [0.15, 0.2) is 34.9 Å². The van der Waals surface area contributed by atoms with E-state index in [2.05, 4.69) is 30.1 Å². The summed E-state index contributed by atoms with van der Waals surface area (Å²) in [7, 11) is 3.76. The third-order valence-corrected chi connectivity index (χ3v) is 3.33. The van der Waals surface area contributed by atoms with Gasteiger partial charge in [-0.2, -0.15) is 0 Å². The lowest BCUT2D eigenvalue weighted by Gasteiger charge is -2.25. The molecule has 1 aromatic heterocycles. The smallest absolute Gasteiger partial charge is 0.150 e. The van der Waals surface area contributed by atoms with Crippen LogP contribution in [0.1, 0.15) is 30.0 Å². The van der Waals surface area contributed by atoms with Gasteiger partial charge in [0, 0.05) is 17.7 Å². The Hall–Kier alpha value is -1.81. The summed E-state index contributed by atoms with van der Waals surface area (Å²) < 4.78 is 10.7. The van der Waals surface area contributed by atoms with Crippen LogP contribution in [0.3, 0.4) is 0 Å². The van der Waals surface area contributed by atoms with Gasteiger partial charge in [0.1, 0.15) is 5.75 Å². The molecule has 0 saturated heterocycles. The number of para-hydroxylation sites is 1. The molecule has 0 saturated carbocycles. The van der Waals surface area contributed by atoms with E-state index in [9.17, 15) is 0 Å². The van der Waals surface area contributed by atoms with Gasteiger partial charge in [0.05, 0.1) is 19.3 Å². The number of aromatic nitrogens is 1. The highest BCUT2D eigenvalue weighted by Gasteiger charge is 2.17. The van der Waals surface area contributed by atoms with Gasteiger partial charge < -0.3 is 9.26 Å². The van der Waals surface area contributed by atoms with Gasteiger partial charge in [-0.25, -0.2) is 0 Å². The van der Waals surface area contributed by atoms with Gasteiger partial charge in [-0.3, -0.25) is 4.90 Å². The van der Waals surface area contributed by atoms with Gasteiger partial charge in [-0.15, -0.1) is 0 Å². The minimum absolute atomic E-state index is 0.238. The fourth-order valence-corrected chi connectivity index (χ4v) is 2.12. The van der Waals surface area contributed by atoms with Crippen molar-refractivity contribution in [1.29, 1.82) is 0 Å². The zero-order valence-corrected chi connectivity index (χ0v) is 11.9. The molecule has 1 aromatic carbocycles. The van der Waals surface area contributed by atoms with Crippen LogP contribution in [-0.4, -0.2) is 24.2 Å². The normalized spacial score (nSPS) is 12.7. The molecule has 1 atom stereocenters. The lowest BCUT2D eigenvalue weighted by Crippen LogP contribution is -2.22. The van der Waals surface area contributed by atoms with Crippen molar-refractivity contribution < 1.29 is 9.26 Å². The fraction of sp³-hybridized carbons (Fsp3) is 0.400. The van der Waals surface area contributed by atoms with Crippen LogP contribution in [0.25, 0.3) is 0 Å². The lowest BCUT2D eigenvalue weighted by atomic mass is 10.1. The number of hydrogen-bond donors (Lipinski definition) is 0. The van der Waals surface area contributed by atoms with E-state index in [-0.39, 0.29) is 6.04 Å². The molecule has 0 fully saturated rings. The molecular weight excluding hydrogens is 240 g/mol. The molecule has 0 aliphatic heterocycles. The Morgan fingerprint density at radius 1 is 1.37 bits per heavy atom. The van der Waals surface area contributed by atoms with E-state index in [1.807, 2.05) is 31.2 Å². The van der Waals surface area contributed by atoms with Crippen LogP contribution in [0.2, 0.25) is 0 Å². The second kappa shape index (κ2) is 5.89. The summed E-state index contributed by atoms with van der Waals surface area (Å²) in [5, 5.41) is 3.91. The van der Waals surface area contributed by atoms with Crippen molar-refractivity contribution >= 4 is 0 Å². The summed E-state index contributed by atoms with van der Waals surface area (Å²) in [6.45, 7) is 4.80. The molecule has 102 valence electrons. The average Bonchev–Trinajstić information content (AvgIpc) is 2.83. The van der Waals surface area contributed by atoms with E-state index in [0.29, 0.717) is 0 Å². The number of rotatable bonds is 5. The Bertz CT molecular complexity index is 536. The second-order valence-electron chi connectivity index (χ2n) is 4.77. The lowest BCUT2D eigenvalue weighted by molar-refractivity contribution is 0.217. The van der Waals surface area contributed by atoms with Gasteiger partial charge in [0.2, 0.25) is 0 Å². The highest BCUT2D eigenvalue weighted by Crippen LogP contribution is 2.28. The maximum Gasteiger partial charge on any atom is 0.150 e. The number of methoxy groups -OCH3 is 1. The number of aryl methyl sites for hydroxylation is 1. The maximum absolute atomic E-state index is 5.41. The molecule has 0 amide bonds. The third-order valence-electron chi connectivity index (χ3n) is 3.33. The molecule has 0 aliphatic carbocycles. The maximum atomic E-state index is 5.41. The van der Waals surface area contributed by atoms with Crippen LogP contribution in [0, 0.1) is 6.92 Å². The van der Waals surface area contributed by atoms with Crippen molar-refractivity contribution in [2.45, 2.75) is 26.4 Å². The van der Waals surface area contributed by atoms with Crippen LogP contribution < -0.4 is 4.74 Å². The largest absolute Gasteiger partial charge is 0.496 e. The van der Waals surface area contributed by atoms with Crippen LogP contribution >= 0.6 is 0 Å². The third kappa shape index (κ3) is 3.15. The van der Waals surface area contributed by atoms with Crippen LogP contribution in [-0.2, 0) is 6.54 Å². The van der Waals surface area contributed by atoms with Gasteiger partial charge >= 0.3 is 0 Å². The number of ether oxygens (including phenoxy) is 1. The number of hydrogen-bond acceptors (Lipinski definition) is 4. The molecular formula is C15H20N2O2. The number of benzene rings is 1. The van der Waals surface area contributed by atoms with Gasteiger partial charge in [0.15, 0.2) is 5.76 Å². The highest BCUT2D eigenvalue weighted by atomic mass is 16.5. The van der Waals surface area contributed by atoms with Gasteiger partial charge in [0.25, 0.3) is 0 Å². The Balaban J connectivity index is 2.12. The minimum Gasteiger partial charge on any atom is -0.496 e. The standard InChI is InChI=1S/C15H20N2O2/c1-11-9-13(19-16-11)10-17(3)12(2)14-7-5-6-8-15(14)18-4/h5-9,12H,10H2,1-4H3. The topological polar surface area (TPSA) is 38.5 Å². The van der Waals surface area contributed by atoms with Crippen molar-refractivity contribution in [2.24, 2.45) is 0 Å². The molecule has 2 aromatic rings. The Morgan fingerprint density at radius 3 is 2.74 bits per heavy atom. The predicted octanol–water partition coefficient (Wildman–Crippen LogP) is 3.18. The minimum atomic E-state index is 0.238. The van der Waals surface area contributed by atoms with Crippen molar-refractivity contribution in [1.82, 2.24) is 10.1 Å². The molecule has 4 heteroatoms. The van der Waals surface area contributed by atoms with Gasteiger partial charge in [-0.05, 0) is 27.0 Å². The first-order valence-corrected chi connectivity index (χ1v) is 6.37. The van der Waals surface area contributed by atoms with E-state index in [1.165, 1.54) is 5.56 Å². The molecule has 0 bridgehead atoms. The van der Waals surface area contributed by atoms with E-state index in [1.54, 1.807) is 7.11 Å². The molecule has 4 nitrogen and oxygen atoms in total. The molecule has 0 radical (unpaired) electrons. The predicted molar refractivity (Wildman–Crippen MR) is 74.1 cm³/mol. The number of nitrogens with zero attached hydrogens (tertiary/aromatic N) is 2. The molecule has 1 unspecified atom stereocenters. The highest BCUT2D eigenvalue weighted by molar-refractivity contribution is 5.35. The quantitative estimate of drug-likeness (QED) is 0.827. The Labute approximate surface area is 114 Å². The molecule has 2 rings (SSSR count). The van der Waals surface area contributed by atoms with Crippen molar-refractivity contribution in [3.8, 4) is 5.75 Å². The summed E-state index contributed by atoms with van der Waals surface area (Å²) >= 11 is 0. The van der Waals surface area contributed by atoms with E-state index < -0.39 is 0 Å². The van der Waals surface area contributed by atoms with E-state index >= 15 is 0 Å². The molecule has 1 heterocycles. The molecule has 0 spiro atoms. The van der Waals surface area contributed by atoms with E-state index in [4.69, 9.17) is 9.26 Å². The van der Waals surface area contributed by atoms with Gasteiger partial charge in [-0.1, -0.05) is 23.4 Å². The van der Waals surface area contributed by atoms with Crippen molar-refractivity contribution in [2.75, 3.05) is 14.2 Å². The molecule has 0 N–H and O–H groups in total. The van der Waals surface area contributed by atoms with Crippen LogP contribution in [0.5, 0.6) is 5.75 Å². The first kappa shape index (κ1) is 13.6. The summed E-state index contributed by atoms with van der Waals surface area (Å²) in [6, 6.07) is 10.3. The Kier molecular flexibility index (Phi) is 4.22. The summed E-state index contributed by atoms with van der Waals surface area (Å²) in [4.78, 5) is 2.21. The monoisotopic (exact) mass is 260 g/mol. The van der Waals surface area contributed by atoms with E-state index in [0.717, 1.165) is 23.7 Å². The second-order valence-corrected chi connectivity index (χ2v) is 4.77. The zero-order chi connectivity index (χ0) is 13.8. The van der Waals surface area contributed by atoms with Crippen LogP contribution in [0.4, 0.5) is 0 Å². The first-order chi connectivity index (χ1) is 9.11. The summed E-state index contributed by atoms with van der Waals surface area (Å²) in [5.41, 5.74) is 2.08. The van der Waals surface area contributed by atoms with Crippen molar-refractivity contribution in [3.63, 3.8) is 0 Å². The fourth-order valence-electron chi connectivity index (χ4n) is 2.12. The SMILES string of the molecule is COc1ccccc1C(C)N(C)Cc1cc(C)no1. The average molecular weight is 260 g/mol. The summed E-state index contributed by atoms with van der Waals surface area (Å²) in [6.07, 6.45) is 0.